The first-order valence-electron chi connectivity index (χ1n) is 11.7. The summed E-state index contributed by atoms with van der Waals surface area (Å²) in [6, 6.07) is 14.5. The molecule has 0 saturated heterocycles. The minimum Gasteiger partial charge on any atom is -0.387 e. The number of fused-ring (bicyclic) bond motifs is 1. The zero-order valence-electron chi connectivity index (χ0n) is 20.8. The van der Waals surface area contributed by atoms with Gasteiger partial charge in [-0.2, -0.15) is 0 Å². The van der Waals surface area contributed by atoms with Gasteiger partial charge in [0.15, 0.2) is 6.10 Å². The maximum absolute atomic E-state index is 13.0. The maximum Gasteiger partial charge on any atom is 0.252 e. The van der Waals surface area contributed by atoms with Gasteiger partial charge < -0.3 is 30.7 Å². The highest BCUT2D eigenvalue weighted by Gasteiger charge is 2.37. The van der Waals surface area contributed by atoms with Crippen LogP contribution in [0.1, 0.15) is 20.8 Å². The van der Waals surface area contributed by atoms with Gasteiger partial charge in [0.25, 0.3) is 5.91 Å². The number of methoxy groups -OCH3 is 1. The van der Waals surface area contributed by atoms with E-state index in [2.05, 4.69) is 10.6 Å². The molecule has 1 heterocycles. The molecule has 1 aliphatic heterocycles. The van der Waals surface area contributed by atoms with Gasteiger partial charge in [0.2, 0.25) is 5.91 Å². The average molecular weight is 515 g/mol. The molecule has 36 heavy (non-hydrogen) atoms. The third-order valence-electron chi connectivity index (χ3n) is 5.70. The molecule has 5 atom stereocenters. The van der Waals surface area contributed by atoms with Crippen LogP contribution in [0.25, 0.3) is 11.1 Å². The van der Waals surface area contributed by atoms with E-state index >= 15 is 0 Å². The Hall–Kier alpha value is -2.69. The summed E-state index contributed by atoms with van der Waals surface area (Å²) in [5.41, 5.74) is 2.38. The van der Waals surface area contributed by atoms with E-state index in [1.807, 2.05) is 63.2 Å². The number of benzene rings is 2. The largest absolute Gasteiger partial charge is 0.387 e. The van der Waals surface area contributed by atoms with Crippen LogP contribution in [0.5, 0.6) is 0 Å². The standard InChI is InChI=1S/C27H34N2O6S/c1-27(2,3)14-13-20(30)21(31)22(32)23(35-4)26(34)29-19-15-36-24-17(16-9-6-5-7-10-16)11-8-12-18(24)28-25(19)33/h5-14,19-23,30-32H,15H2,1-4H3,(H,28,33)(H,29,34)/b14-13+/t19-,20+,21-,22+,23+/m0/s1. The van der Waals surface area contributed by atoms with Crippen molar-refractivity contribution in [2.75, 3.05) is 18.2 Å². The second kappa shape index (κ2) is 12.0. The molecule has 194 valence electrons. The molecular weight excluding hydrogens is 480 g/mol. The van der Waals surface area contributed by atoms with Gasteiger partial charge in [0.05, 0.1) is 5.69 Å². The van der Waals surface area contributed by atoms with Crippen molar-refractivity contribution in [3.63, 3.8) is 0 Å². The lowest BCUT2D eigenvalue weighted by Gasteiger charge is -2.28. The number of carbonyl (C=O) groups is 2. The Morgan fingerprint density at radius 2 is 1.81 bits per heavy atom. The van der Waals surface area contributed by atoms with Gasteiger partial charge in [-0.25, -0.2) is 0 Å². The van der Waals surface area contributed by atoms with E-state index in [1.165, 1.54) is 24.9 Å². The highest BCUT2D eigenvalue weighted by atomic mass is 32.2. The Balaban J connectivity index is 1.71. The first-order valence-corrected chi connectivity index (χ1v) is 12.7. The predicted octanol–water partition coefficient (Wildman–Crippen LogP) is 2.58. The van der Waals surface area contributed by atoms with E-state index in [1.54, 1.807) is 12.1 Å². The molecule has 9 heteroatoms. The van der Waals surface area contributed by atoms with Gasteiger partial charge in [0.1, 0.15) is 24.4 Å². The smallest absolute Gasteiger partial charge is 0.252 e. The van der Waals surface area contributed by atoms with Crippen LogP contribution < -0.4 is 10.6 Å². The highest BCUT2D eigenvalue weighted by molar-refractivity contribution is 7.99. The molecule has 2 aromatic rings. The fourth-order valence-electron chi connectivity index (χ4n) is 3.74. The van der Waals surface area contributed by atoms with Crippen molar-refractivity contribution in [2.24, 2.45) is 5.41 Å². The topological polar surface area (TPSA) is 128 Å². The molecular formula is C27H34N2O6S. The number of rotatable bonds is 8. The van der Waals surface area contributed by atoms with Crippen molar-refractivity contribution in [3.05, 3.63) is 60.7 Å². The Bertz CT molecular complexity index is 1090. The van der Waals surface area contributed by atoms with E-state index in [-0.39, 0.29) is 11.2 Å². The van der Waals surface area contributed by atoms with E-state index in [9.17, 15) is 24.9 Å². The van der Waals surface area contributed by atoms with Gasteiger partial charge in [-0.05, 0) is 22.6 Å². The Morgan fingerprint density at radius 1 is 1.11 bits per heavy atom. The van der Waals surface area contributed by atoms with Crippen LogP contribution in [-0.4, -0.2) is 70.5 Å². The number of thioether (sulfide) groups is 1. The van der Waals surface area contributed by atoms with Crippen LogP contribution in [0.3, 0.4) is 0 Å². The van der Waals surface area contributed by atoms with Crippen LogP contribution in [0, 0.1) is 5.41 Å². The number of allylic oxidation sites excluding steroid dienone is 1. The van der Waals surface area contributed by atoms with Gasteiger partial charge in [-0.3, -0.25) is 9.59 Å². The Morgan fingerprint density at radius 3 is 2.44 bits per heavy atom. The van der Waals surface area contributed by atoms with Gasteiger partial charge in [0, 0.05) is 17.8 Å². The first kappa shape index (κ1) is 27.9. The third kappa shape index (κ3) is 6.96. The molecule has 0 unspecified atom stereocenters. The van der Waals surface area contributed by atoms with E-state index in [0.29, 0.717) is 5.69 Å². The van der Waals surface area contributed by atoms with Gasteiger partial charge >= 0.3 is 0 Å². The Kier molecular flexibility index (Phi) is 9.32. The SMILES string of the molecule is CO[C@@H](C(=O)N[C@H]1CSc2c(cccc2-c2ccccc2)NC1=O)[C@H](O)[C@@H](O)[C@H](O)/C=C/C(C)(C)C. The zero-order valence-corrected chi connectivity index (χ0v) is 21.7. The van der Waals surface area contributed by atoms with Crippen molar-refractivity contribution < 1.29 is 29.6 Å². The monoisotopic (exact) mass is 514 g/mol. The number of hydrogen-bond acceptors (Lipinski definition) is 7. The van der Waals surface area contributed by atoms with E-state index < -0.39 is 42.3 Å². The van der Waals surface area contributed by atoms with Crippen molar-refractivity contribution in [2.45, 2.75) is 56.1 Å². The lowest BCUT2D eigenvalue weighted by molar-refractivity contribution is -0.150. The van der Waals surface area contributed by atoms with Crippen molar-refractivity contribution in [1.29, 1.82) is 0 Å². The number of aliphatic hydroxyl groups is 3. The lowest BCUT2D eigenvalue weighted by Crippen LogP contribution is -2.55. The van der Waals surface area contributed by atoms with Crippen molar-refractivity contribution >= 4 is 29.3 Å². The molecule has 5 N–H and O–H groups in total. The number of ether oxygens (including phenoxy) is 1. The number of anilines is 1. The van der Waals surface area contributed by atoms with Gasteiger partial charge in [-0.15, -0.1) is 11.8 Å². The summed E-state index contributed by atoms with van der Waals surface area (Å²) < 4.78 is 5.14. The second-order valence-electron chi connectivity index (χ2n) is 9.76. The number of hydrogen-bond donors (Lipinski definition) is 5. The molecule has 0 aromatic heterocycles. The predicted molar refractivity (Wildman–Crippen MR) is 141 cm³/mol. The fraction of sp³-hybridized carbons (Fsp3) is 0.407. The van der Waals surface area contributed by atoms with E-state index in [4.69, 9.17) is 4.74 Å². The van der Waals surface area contributed by atoms with Crippen LogP contribution >= 0.6 is 11.8 Å². The Labute approximate surface area is 215 Å². The fourth-order valence-corrected chi connectivity index (χ4v) is 4.93. The molecule has 2 aromatic carbocycles. The minimum absolute atomic E-state index is 0.244. The molecule has 0 radical (unpaired) electrons. The summed E-state index contributed by atoms with van der Waals surface area (Å²) in [5, 5.41) is 36.7. The zero-order chi connectivity index (χ0) is 26.5. The molecule has 0 aliphatic carbocycles. The van der Waals surface area contributed by atoms with Gasteiger partial charge in [-0.1, -0.05) is 75.4 Å². The molecule has 0 fully saturated rings. The first-order chi connectivity index (χ1) is 17.0. The number of aliphatic hydroxyl groups excluding tert-OH is 3. The summed E-state index contributed by atoms with van der Waals surface area (Å²) in [5.74, 6) is -0.927. The normalized spacial score (nSPS) is 19.5. The van der Waals surface area contributed by atoms with Crippen LogP contribution in [-0.2, 0) is 14.3 Å². The van der Waals surface area contributed by atoms with Crippen LogP contribution in [0.15, 0.2) is 65.6 Å². The summed E-state index contributed by atoms with van der Waals surface area (Å²) in [6.45, 7) is 5.75. The van der Waals surface area contributed by atoms with Crippen molar-refractivity contribution in [1.82, 2.24) is 5.32 Å². The molecule has 1 aliphatic rings. The molecule has 3 rings (SSSR count). The summed E-state index contributed by atoms with van der Waals surface area (Å²) in [6.07, 6.45) is -3.24. The minimum atomic E-state index is -1.72. The average Bonchev–Trinajstić information content (AvgIpc) is 3.00. The number of carbonyl (C=O) groups excluding carboxylic acids is 2. The van der Waals surface area contributed by atoms with Crippen LogP contribution in [0.2, 0.25) is 0 Å². The quantitative estimate of drug-likeness (QED) is 0.343. The molecule has 0 spiro atoms. The van der Waals surface area contributed by atoms with E-state index in [0.717, 1.165) is 16.0 Å². The number of nitrogens with one attached hydrogen (secondary N) is 2. The molecule has 8 nitrogen and oxygen atoms in total. The second-order valence-corrected chi connectivity index (χ2v) is 10.8. The maximum atomic E-state index is 13.0. The van der Waals surface area contributed by atoms with Crippen molar-refractivity contribution in [3.8, 4) is 11.1 Å². The third-order valence-corrected chi connectivity index (χ3v) is 6.93. The summed E-state index contributed by atoms with van der Waals surface area (Å²) in [4.78, 5) is 26.8. The summed E-state index contributed by atoms with van der Waals surface area (Å²) >= 11 is 1.43. The van der Waals surface area contributed by atoms with Crippen LogP contribution in [0.4, 0.5) is 5.69 Å². The highest BCUT2D eigenvalue weighted by Crippen LogP contribution is 2.39. The molecule has 0 bridgehead atoms. The summed E-state index contributed by atoms with van der Waals surface area (Å²) in [7, 11) is 1.21. The lowest BCUT2D eigenvalue weighted by atomic mass is 9.94. The molecule has 2 amide bonds. The number of amides is 2. The molecule has 0 saturated carbocycles.